The highest BCUT2D eigenvalue weighted by Gasteiger charge is 2.35. The number of hydrogen-bond acceptors (Lipinski definition) is 5. The lowest BCUT2D eigenvalue weighted by Crippen LogP contribution is -2.40. The summed E-state index contributed by atoms with van der Waals surface area (Å²) >= 11 is 0. The average Bonchev–Trinajstić information content (AvgIpc) is 3.11. The van der Waals surface area contributed by atoms with E-state index in [-0.39, 0.29) is 10.6 Å². The molecule has 1 heterocycles. The van der Waals surface area contributed by atoms with Crippen LogP contribution in [0.25, 0.3) is 10.9 Å². The van der Waals surface area contributed by atoms with Crippen molar-refractivity contribution in [3.63, 3.8) is 0 Å². The third kappa shape index (κ3) is 3.94. The summed E-state index contributed by atoms with van der Waals surface area (Å²) in [5.74, 6) is -1.43. The Kier molecular flexibility index (Phi) is 6.17. The second-order valence-corrected chi connectivity index (χ2v) is 10.4. The Morgan fingerprint density at radius 2 is 1.97 bits per heavy atom. The molecule has 0 saturated carbocycles. The molecule has 1 aromatic heterocycles. The van der Waals surface area contributed by atoms with Crippen LogP contribution in [0.2, 0.25) is 0 Å². The maximum atomic E-state index is 14.1. The van der Waals surface area contributed by atoms with E-state index in [1.54, 1.807) is 17.6 Å². The fourth-order valence-corrected chi connectivity index (χ4v) is 6.17. The predicted octanol–water partition coefficient (Wildman–Crippen LogP) is 3.90. The number of sulfonamides is 1. The quantitative estimate of drug-likeness (QED) is 0.397. The van der Waals surface area contributed by atoms with Crippen LogP contribution in [0, 0.1) is 15.9 Å². The van der Waals surface area contributed by atoms with Crippen LogP contribution in [0.3, 0.4) is 0 Å². The Balaban J connectivity index is 1.73. The minimum absolute atomic E-state index is 0.0585. The first kappa shape index (κ1) is 23.8. The normalized spacial score (nSPS) is 17.0. The summed E-state index contributed by atoms with van der Waals surface area (Å²) in [6.07, 6.45) is 1.52. The van der Waals surface area contributed by atoms with Crippen molar-refractivity contribution < 1.29 is 27.6 Å². The molecule has 0 radical (unpaired) electrons. The number of rotatable bonds is 7. The Morgan fingerprint density at radius 1 is 1.29 bits per heavy atom. The van der Waals surface area contributed by atoms with E-state index in [0.29, 0.717) is 36.6 Å². The number of nitro groups is 1. The maximum absolute atomic E-state index is 14.1. The lowest BCUT2D eigenvalue weighted by molar-refractivity contribution is -0.384. The van der Waals surface area contributed by atoms with Crippen LogP contribution >= 0.6 is 0 Å². The van der Waals surface area contributed by atoms with Gasteiger partial charge in [0.15, 0.2) is 0 Å². The number of carboxylic acids is 1. The number of aliphatic carboxylic acids is 1. The maximum Gasteiger partial charge on any atom is 0.326 e. The number of carbonyl (C=O) groups is 1. The third-order valence-electron chi connectivity index (χ3n) is 6.56. The smallest absolute Gasteiger partial charge is 0.326 e. The van der Waals surface area contributed by atoms with Crippen molar-refractivity contribution in [1.29, 1.82) is 0 Å². The largest absolute Gasteiger partial charge is 0.480 e. The lowest BCUT2D eigenvalue weighted by Gasteiger charge is -2.32. The van der Waals surface area contributed by atoms with Crippen LogP contribution in [-0.4, -0.2) is 46.4 Å². The molecule has 4 rings (SSSR count). The van der Waals surface area contributed by atoms with E-state index in [2.05, 4.69) is 0 Å². The van der Waals surface area contributed by atoms with Gasteiger partial charge in [0.2, 0.25) is 10.0 Å². The summed E-state index contributed by atoms with van der Waals surface area (Å²) in [6, 6.07) is 7.68. The molecule has 0 bridgehead atoms. The Morgan fingerprint density at radius 3 is 2.56 bits per heavy atom. The van der Waals surface area contributed by atoms with Gasteiger partial charge in [0, 0.05) is 41.8 Å². The molecule has 9 nitrogen and oxygen atoms in total. The van der Waals surface area contributed by atoms with Gasteiger partial charge in [0.05, 0.1) is 9.82 Å². The van der Waals surface area contributed by atoms with Crippen molar-refractivity contribution in [1.82, 2.24) is 8.87 Å². The van der Waals surface area contributed by atoms with Crippen molar-refractivity contribution >= 4 is 32.6 Å². The van der Waals surface area contributed by atoms with E-state index in [4.69, 9.17) is 0 Å². The van der Waals surface area contributed by atoms with Gasteiger partial charge in [-0.05, 0) is 61.6 Å². The van der Waals surface area contributed by atoms with Crippen molar-refractivity contribution in [3.05, 3.63) is 69.7 Å². The summed E-state index contributed by atoms with van der Waals surface area (Å²) in [5, 5.41) is 21.2. The summed E-state index contributed by atoms with van der Waals surface area (Å²) in [4.78, 5) is 22.2. The minimum atomic E-state index is -3.94. The predicted molar refractivity (Wildman–Crippen MR) is 123 cm³/mol. The SMILES string of the molecule is CCC(C(=O)O)n1c2c(c3cc(F)ccc31)CC(N(C)S(=O)(=O)c1ccc([N+](=O)[O-])cc1)CC2. The molecule has 0 amide bonds. The van der Waals surface area contributed by atoms with Gasteiger partial charge in [-0.2, -0.15) is 4.31 Å². The number of carboxylic acid groups (broad SMARTS) is 1. The van der Waals surface area contributed by atoms with Crippen LogP contribution in [0.5, 0.6) is 0 Å². The molecule has 0 aliphatic heterocycles. The number of halogens is 1. The number of hydrogen-bond donors (Lipinski definition) is 1. The molecular formula is C23H24FN3O6S. The molecule has 180 valence electrons. The van der Waals surface area contributed by atoms with E-state index < -0.39 is 38.8 Å². The van der Waals surface area contributed by atoms with Crippen molar-refractivity contribution in [3.8, 4) is 0 Å². The van der Waals surface area contributed by atoms with Crippen molar-refractivity contribution in [2.45, 2.75) is 49.6 Å². The molecule has 34 heavy (non-hydrogen) atoms. The van der Waals surface area contributed by atoms with Crippen molar-refractivity contribution in [2.24, 2.45) is 0 Å². The third-order valence-corrected chi connectivity index (χ3v) is 8.48. The van der Waals surface area contributed by atoms with Gasteiger partial charge < -0.3 is 9.67 Å². The topological polar surface area (TPSA) is 123 Å². The molecule has 2 unspecified atom stereocenters. The van der Waals surface area contributed by atoms with Crippen molar-refractivity contribution in [2.75, 3.05) is 7.05 Å². The summed E-state index contributed by atoms with van der Waals surface area (Å²) in [6.45, 7) is 1.77. The Hall–Kier alpha value is -3.31. The summed E-state index contributed by atoms with van der Waals surface area (Å²) < 4.78 is 43.5. The van der Waals surface area contributed by atoms with E-state index in [1.807, 2.05) is 0 Å². The fraction of sp³-hybridized carbons (Fsp3) is 0.348. The summed E-state index contributed by atoms with van der Waals surface area (Å²) in [5.41, 5.74) is 1.94. The second-order valence-electron chi connectivity index (χ2n) is 8.39. The van der Waals surface area contributed by atoms with Gasteiger partial charge in [0.25, 0.3) is 5.69 Å². The molecule has 1 aliphatic carbocycles. The highest BCUT2D eigenvalue weighted by atomic mass is 32.2. The van der Waals surface area contributed by atoms with E-state index >= 15 is 0 Å². The first-order chi connectivity index (χ1) is 16.1. The minimum Gasteiger partial charge on any atom is -0.480 e. The monoisotopic (exact) mass is 489 g/mol. The van der Waals surface area contributed by atoms with E-state index in [0.717, 1.165) is 23.4 Å². The molecule has 2 aromatic carbocycles. The molecule has 2 atom stereocenters. The second kappa shape index (κ2) is 8.80. The first-order valence-corrected chi connectivity index (χ1v) is 12.3. The number of nitro benzene ring substituents is 1. The molecule has 3 aromatic rings. The zero-order valence-electron chi connectivity index (χ0n) is 18.6. The molecular weight excluding hydrogens is 465 g/mol. The van der Waals surface area contributed by atoms with Crippen LogP contribution in [-0.2, 0) is 27.7 Å². The zero-order valence-corrected chi connectivity index (χ0v) is 19.5. The first-order valence-electron chi connectivity index (χ1n) is 10.8. The van der Waals surface area contributed by atoms with Crippen LogP contribution in [0.15, 0.2) is 47.4 Å². The molecule has 1 aliphatic rings. The zero-order chi connectivity index (χ0) is 24.8. The highest BCUT2D eigenvalue weighted by Crippen LogP contribution is 2.37. The number of non-ortho nitro benzene ring substituents is 1. The van der Waals surface area contributed by atoms with Gasteiger partial charge in [-0.3, -0.25) is 10.1 Å². The molecule has 1 N–H and O–H groups in total. The number of nitrogens with zero attached hydrogens (tertiary/aromatic N) is 3. The van der Waals surface area contributed by atoms with E-state index in [9.17, 15) is 32.8 Å². The van der Waals surface area contributed by atoms with E-state index in [1.165, 1.54) is 35.6 Å². The van der Waals surface area contributed by atoms with Crippen LogP contribution in [0.1, 0.15) is 37.1 Å². The van der Waals surface area contributed by atoms with Gasteiger partial charge in [0.1, 0.15) is 11.9 Å². The standard InChI is InChI=1S/C23H24FN3O6S/c1-3-20(23(28)29)26-21-10-4-14(24)12-18(21)19-13-16(7-11-22(19)26)25(2)34(32,33)17-8-5-15(6-9-17)27(30)31/h4-6,8-10,12,16,20H,3,7,11,13H2,1-2H3,(H,28,29). The number of fused-ring (bicyclic) bond motifs is 3. The lowest BCUT2D eigenvalue weighted by atomic mass is 9.91. The molecule has 0 fully saturated rings. The van der Waals surface area contributed by atoms with Crippen LogP contribution in [0.4, 0.5) is 10.1 Å². The molecule has 0 spiro atoms. The molecule has 0 saturated heterocycles. The Labute approximate surface area is 195 Å². The fourth-order valence-electron chi connectivity index (χ4n) is 4.78. The average molecular weight is 490 g/mol. The number of benzene rings is 2. The highest BCUT2D eigenvalue weighted by molar-refractivity contribution is 7.89. The Bertz CT molecular complexity index is 1380. The number of aromatic nitrogens is 1. The van der Waals surface area contributed by atoms with Gasteiger partial charge >= 0.3 is 5.97 Å². The number of likely N-dealkylation sites (N-methyl/N-ethyl adjacent to an activating group) is 1. The van der Waals surface area contributed by atoms with Gasteiger partial charge in [-0.15, -0.1) is 0 Å². The van der Waals surface area contributed by atoms with Gasteiger partial charge in [-0.1, -0.05) is 6.92 Å². The summed E-state index contributed by atoms with van der Waals surface area (Å²) in [7, 11) is -2.48. The van der Waals surface area contributed by atoms with Gasteiger partial charge in [-0.25, -0.2) is 17.6 Å². The van der Waals surface area contributed by atoms with Crippen LogP contribution < -0.4 is 0 Å². The molecule has 11 heteroatoms.